The van der Waals surface area contributed by atoms with Gasteiger partial charge in [0.25, 0.3) is 5.91 Å². The minimum absolute atomic E-state index is 0.127. The molecule has 1 aromatic carbocycles. The van der Waals surface area contributed by atoms with Crippen LogP contribution in [0.3, 0.4) is 0 Å². The average Bonchev–Trinajstić information content (AvgIpc) is 3.01. The van der Waals surface area contributed by atoms with E-state index in [9.17, 15) is 13.8 Å². The van der Waals surface area contributed by atoms with Crippen molar-refractivity contribution < 1.29 is 18.5 Å². The number of aliphatic imine (C=N–C) groups is 1. The molecular weight excluding hydrogens is 410 g/mol. The lowest BCUT2D eigenvalue weighted by molar-refractivity contribution is -0.119. The molecule has 7 nitrogen and oxygen atoms in total. The number of hydrogen-bond donors (Lipinski definition) is 1. The highest BCUT2D eigenvalue weighted by molar-refractivity contribution is 7.93. The van der Waals surface area contributed by atoms with Crippen molar-refractivity contribution in [2.24, 2.45) is 26.3 Å². The average molecular weight is 438 g/mol. The van der Waals surface area contributed by atoms with Crippen LogP contribution < -0.4 is 5.14 Å². The summed E-state index contributed by atoms with van der Waals surface area (Å²) in [5.74, 6) is -1.36. The fourth-order valence-electron chi connectivity index (χ4n) is 2.52. The number of nitrogens with two attached hydrogens (primary N) is 1. The van der Waals surface area contributed by atoms with Gasteiger partial charge in [-0.1, -0.05) is 32.0 Å². The molecule has 0 aliphatic heterocycles. The molecule has 0 aliphatic carbocycles. The summed E-state index contributed by atoms with van der Waals surface area (Å²) in [7, 11) is -3.40. The number of carbonyl (C=O) groups is 2. The minimum atomic E-state index is -3.40. The summed E-state index contributed by atoms with van der Waals surface area (Å²) in [5, 5.41) is 6.81. The summed E-state index contributed by atoms with van der Waals surface area (Å²) in [6.45, 7) is 9.02. The van der Waals surface area contributed by atoms with Gasteiger partial charge >= 0.3 is 6.09 Å². The van der Waals surface area contributed by atoms with E-state index in [4.69, 9.17) is 9.88 Å². The van der Waals surface area contributed by atoms with Crippen LogP contribution in [0, 0.1) is 11.8 Å². The molecule has 0 saturated carbocycles. The second-order valence-corrected chi connectivity index (χ2v) is 11.2. The van der Waals surface area contributed by atoms with Crippen LogP contribution in [-0.4, -0.2) is 28.0 Å². The van der Waals surface area contributed by atoms with E-state index in [-0.39, 0.29) is 5.92 Å². The third kappa shape index (κ3) is 7.02. The lowest BCUT2D eigenvalue weighted by Crippen LogP contribution is -2.24. The van der Waals surface area contributed by atoms with E-state index in [2.05, 4.69) is 9.36 Å². The maximum Gasteiger partial charge on any atom is 0.433 e. The van der Waals surface area contributed by atoms with Crippen molar-refractivity contribution >= 4 is 49.6 Å². The molecule has 29 heavy (non-hydrogen) atoms. The number of ether oxygens (including phenoxy) is 1. The molecule has 158 valence electrons. The molecule has 0 bridgehead atoms. The first-order valence-electron chi connectivity index (χ1n) is 9.22. The monoisotopic (exact) mass is 437 g/mol. The number of thiophene rings is 1. The molecule has 1 aromatic heterocycles. The lowest BCUT2D eigenvalue weighted by atomic mass is 9.98. The Morgan fingerprint density at radius 3 is 2.52 bits per heavy atom. The van der Waals surface area contributed by atoms with Crippen LogP contribution in [0.2, 0.25) is 0 Å². The molecular formula is C20H27N3O4S2. The first kappa shape index (κ1) is 23.2. The maximum atomic E-state index is 12.9. The van der Waals surface area contributed by atoms with Crippen LogP contribution in [0.4, 0.5) is 4.79 Å². The maximum absolute atomic E-state index is 12.9. The zero-order valence-corrected chi connectivity index (χ0v) is 18.9. The molecule has 2 amide bonds. The first-order chi connectivity index (χ1) is 13.4. The molecule has 2 atom stereocenters. The van der Waals surface area contributed by atoms with Gasteiger partial charge in [-0.15, -0.1) is 15.7 Å². The van der Waals surface area contributed by atoms with Gasteiger partial charge in [0.2, 0.25) is 0 Å². The largest absolute Gasteiger partial charge is 0.442 e. The van der Waals surface area contributed by atoms with Crippen molar-refractivity contribution in [1.82, 2.24) is 0 Å². The lowest BCUT2D eigenvalue weighted by Gasteiger charge is -2.17. The van der Waals surface area contributed by atoms with Crippen molar-refractivity contribution in [2.45, 2.75) is 50.8 Å². The minimum Gasteiger partial charge on any atom is -0.442 e. The zero-order chi connectivity index (χ0) is 21.8. The van der Waals surface area contributed by atoms with E-state index in [1.54, 1.807) is 26.8 Å². The molecule has 2 aromatic rings. The number of carbonyl (C=O) groups excluding carboxylic acids is 2. The molecule has 9 heteroatoms. The van der Waals surface area contributed by atoms with Crippen LogP contribution in [0.15, 0.2) is 43.9 Å². The molecule has 0 fully saturated rings. The molecule has 0 radical (unpaired) electrons. The van der Waals surface area contributed by atoms with Gasteiger partial charge in [-0.3, -0.25) is 4.79 Å². The predicted octanol–water partition coefficient (Wildman–Crippen LogP) is 4.80. The summed E-state index contributed by atoms with van der Waals surface area (Å²) in [4.78, 5) is 28.3. The van der Waals surface area contributed by atoms with E-state index >= 15 is 0 Å². The normalized spacial score (nSPS) is 15.4. The highest BCUT2D eigenvalue weighted by Crippen LogP contribution is 2.29. The van der Waals surface area contributed by atoms with Crippen LogP contribution in [0.5, 0.6) is 0 Å². The van der Waals surface area contributed by atoms with Crippen molar-refractivity contribution in [3.63, 3.8) is 0 Å². The fraction of sp³-hybridized carbons (Fsp3) is 0.450. The predicted molar refractivity (Wildman–Crippen MR) is 118 cm³/mol. The number of rotatable bonds is 5. The highest BCUT2D eigenvalue weighted by Gasteiger charge is 2.22. The molecule has 2 N–H and O–H groups in total. The Kier molecular flexibility index (Phi) is 7.31. The van der Waals surface area contributed by atoms with Gasteiger partial charge in [0.05, 0.1) is 5.92 Å². The summed E-state index contributed by atoms with van der Waals surface area (Å²) in [6, 6.07) is 9.18. The number of fused-ring (bicyclic) bond motifs is 1. The Bertz CT molecular complexity index is 1010. The zero-order valence-electron chi connectivity index (χ0n) is 17.2. The number of hydrogen-bond acceptors (Lipinski definition) is 5. The van der Waals surface area contributed by atoms with Gasteiger partial charge < -0.3 is 4.74 Å². The first-order valence-corrected chi connectivity index (χ1v) is 11.6. The molecule has 2 rings (SSSR count). The van der Waals surface area contributed by atoms with E-state index in [1.165, 1.54) is 17.6 Å². The Balaban J connectivity index is 2.29. The van der Waals surface area contributed by atoms with Gasteiger partial charge in [0, 0.05) is 10.9 Å². The SMILES string of the molecule is CC(C)CC(/C=N/C(=O)OC(C)(C)C)C(=O)N=S(N)(=O)c1cc2ccccc2s1. The van der Waals surface area contributed by atoms with Crippen LogP contribution in [0.1, 0.15) is 41.0 Å². The second kappa shape index (κ2) is 9.15. The van der Waals surface area contributed by atoms with Gasteiger partial charge in [0.15, 0.2) is 9.92 Å². The summed E-state index contributed by atoms with van der Waals surface area (Å²) in [6.07, 6.45) is 0.800. The number of amides is 2. The van der Waals surface area contributed by atoms with Crippen LogP contribution in [-0.2, 0) is 19.4 Å². The Morgan fingerprint density at radius 1 is 1.28 bits per heavy atom. The van der Waals surface area contributed by atoms with Crippen LogP contribution >= 0.6 is 11.3 Å². The summed E-state index contributed by atoms with van der Waals surface area (Å²) in [5.41, 5.74) is -0.691. The molecule has 0 spiro atoms. The third-order valence-electron chi connectivity index (χ3n) is 3.71. The van der Waals surface area contributed by atoms with E-state index < -0.39 is 33.4 Å². The highest BCUT2D eigenvalue weighted by atomic mass is 32.2. The van der Waals surface area contributed by atoms with Gasteiger partial charge in [-0.2, -0.15) is 4.99 Å². The second-order valence-electron chi connectivity index (χ2n) is 8.10. The third-order valence-corrected chi connectivity index (χ3v) is 6.74. The van der Waals surface area contributed by atoms with E-state index in [0.717, 1.165) is 10.1 Å². The Labute approximate surface area is 175 Å². The topological polar surface area (TPSA) is 111 Å². The van der Waals surface area contributed by atoms with E-state index in [0.29, 0.717) is 10.6 Å². The number of benzene rings is 1. The quantitative estimate of drug-likeness (QED) is 0.677. The van der Waals surface area contributed by atoms with Crippen molar-refractivity contribution in [1.29, 1.82) is 0 Å². The van der Waals surface area contributed by atoms with Crippen molar-refractivity contribution in [2.75, 3.05) is 0 Å². The van der Waals surface area contributed by atoms with Gasteiger partial charge in [-0.25, -0.2) is 14.1 Å². The van der Waals surface area contributed by atoms with E-state index in [1.807, 2.05) is 38.1 Å². The smallest absolute Gasteiger partial charge is 0.433 e. The summed E-state index contributed by atoms with van der Waals surface area (Å²) >= 11 is 1.24. The fourth-order valence-corrected chi connectivity index (χ4v) is 4.96. The Morgan fingerprint density at radius 2 is 1.93 bits per heavy atom. The Hall–Kier alpha value is -2.10. The van der Waals surface area contributed by atoms with Crippen molar-refractivity contribution in [3.05, 3.63) is 30.3 Å². The van der Waals surface area contributed by atoms with Gasteiger partial charge in [0.1, 0.15) is 9.81 Å². The van der Waals surface area contributed by atoms with Crippen LogP contribution in [0.25, 0.3) is 10.1 Å². The molecule has 1 heterocycles. The summed E-state index contributed by atoms with van der Waals surface area (Å²) < 4.78 is 23.1. The number of nitrogens with zero attached hydrogens (tertiary/aromatic N) is 2. The molecule has 2 unspecified atom stereocenters. The molecule has 0 saturated heterocycles. The molecule has 0 aliphatic rings. The standard InChI is InChI=1S/C20H27N3O4S2/c1-13(2)10-15(12-22-19(25)27-20(3,4)5)18(24)23-29(21,26)17-11-14-8-6-7-9-16(14)28-17/h6-9,11-13,15H,10H2,1-5H3,(H2,21,23,24,26)/b22-12+. The van der Waals surface area contributed by atoms with Gasteiger partial charge in [-0.05, 0) is 50.6 Å². The van der Waals surface area contributed by atoms with Crippen molar-refractivity contribution in [3.8, 4) is 0 Å².